The van der Waals surface area contributed by atoms with Gasteiger partial charge >= 0.3 is 6.92 Å². The van der Waals surface area contributed by atoms with E-state index in [1.54, 1.807) is 0 Å². The summed E-state index contributed by atoms with van der Waals surface area (Å²) in [5.74, 6) is 0. The molecule has 0 aromatic rings. The van der Waals surface area contributed by atoms with Gasteiger partial charge in [-0.2, -0.15) is 0 Å². The van der Waals surface area contributed by atoms with Crippen molar-refractivity contribution in [2.45, 2.75) is 38.8 Å². The van der Waals surface area contributed by atoms with Crippen LogP contribution in [0.2, 0.25) is 12.6 Å². The van der Waals surface area contributed by atoms with Gasteiger partial charge in [0.1, 0.15) is 0 Å². The molecule has 0 aromatic carbocycles. The highest BCUT2D eigenvalue weighted by atomic mass is 17.2. The van der Waals surface area contributed by atoms with E-state index in [2.05, 4.69) is 6.92 Å². The Morgan fingerprint density at radius 3 is 2.90 bits per heavy atom. The van der Waals surface area contributed by atoms with E-state index >= 15 is 0 Å². The van der Waals surface area contributed by atoms with Crippen molar-refractivity contribution in [3.05, 3.63) is 0 Å². The van der Waals surface area contributed by atoms with Gasteiger partial charge < -0.3 is 4.81 Å². The summed E-state index contributed by atoms with van der Waals surface area (Å²) in [6.45, 7) is 3.40. The molecule has 0 radical (unpaired) electrons. The summed E-state index contributed by atoms with van der Waals surface area (Å²) in [6, 6.07) is 0. The lowest BCUT2D eigenvalue weighted by molar-refractivity contribution is -0.185. The van der Waals surface area contributed by atoms with Crippen molar-refractivity contribution in [3.63, 3.8) is 0 Å². The van der Waals surface area contributed by atoms with Crippen LogP contribution >= 0.6 is 0 Å². The molecule has 0 N–H and O–H groups in total. The molecule has 1 fully saturated rings. The molecule has 0 unspecified atom stereocenters. The van der Waals surface area contributed by atoms with E-state index in [0.29, 0.717) is 6.92 Å². The second-order valence-corrected chi connectivity index (χ2v) is 2.82. The molecular formula is C7H15BO2. The van der Waals surface area contributed by atoms with E-state index in [1.165, 1.54) is 25.6 Å². The number of rotatable bonds is 4. The summed E-state index contributed by atoms with van der Waals surface area (Å²) in [7, 11) is 0. The first-order valence-corrected chi connectivity index (χ1v) is 4.21. The molecule has 1 heterocycles. The third-order valence-corrected chi connectivity index (χ3v) is 1.86. The summed E-state index contributed by atoms with van der Waals surface area (Å²) in [4.78, 5) is 9.79. The minimum atomic E-state index is 0.395. The van der Waals surface area contributed by atoms with E-state index in [9.17, 15) is 0 Å². The van der Waals surface area contributed by atoms with Crippen LogP contribution in [0.5, 0.6) is 0 Å². The smallest absolute Gasteiger partial charge is 0.305 e. The van der Waals surface area contributed by atoms with E-state index in [0.717, 1.165) is 12.9 Å². The van der Waals surface area contributed by atoms with Crippen LogP contribution in [0.1, 0.15) is 26.2 Å². The highest BCUT2D eigenvalue weighted by molar-refractivity contribution is 6.52. The van der Waals surface area contributed by atoms with Crippen LogP contribution in [0, 0.1) is 0 Å². The van der Waals surface area contributed by atoms with Crippen LogP contribution in [0.25, 0.3) is 0 Å². The standard InChI is InChI=1S/C7H15BO2/c1-2-3-4-5-8-6-7-9-10-8/h2-7H2,1H3. The van der Waals surface area contributed by atoms with Gasteiger partial charge in [0, 0.05) is 0 Å². The monoisotopic (exact) mass is 142 g/mol. The molecule has 3 heteroatoms. The van der Waals surface area contributed by atoms with E-state index < -0.39 is 0 Å². The van der Waals surface area contributed by atoms with E-state index in [-0.39, 0.29) is 0 Å². The normalized spacial score (nSPS) is 18.3. The van der Waals surface area contributed by atoms with Crippen LogP contribution in [-0.2, 0) is 9.69 Å². The Hall–Kier alpha value is -0.0151. The summed E-state index contributed by atoms with van der Waals surface area (Å²) in [5, 5.41) is 0. The average Bonchev–Trinajstić information content (AvgIpc) is 2.41. The highest BCUT2D eigenvalue weighted by Crippen LogP contribution is 2.13. The molecule has 1 saturated heterocycles. The van der Waals surface area contributed by atoms with Crippen LogP contribution in [0.15, 0.2) is 0 Å². The highest BCUT2D eigenvalue weighted by Gasteiger charge is 2.21. The molecule has 1 aliphatic rings. The summed E-state index contributed by atoms with van der Waals surface area (Å²) >= 11 is 0. The molecule has 0 bridgehead atoms. The van der Waals surface area contributed by atoms with Gasteiger partial charge in [0.2, 0.25) is 0 Å². The summed E-state index contributed by atoms with van der Waals surface area (Å²) in [5.41, 5.74) is 0. The van der Waals surface area contributed by atoms with Gasteiger partial charge in [-0.05, 0) is 12.6 Å². The first-order chi connectivity index (χ1) is 4.93. The molecule has 1 aliphatic heterocycles. The number of hydrogen-bond acceptors (Lipinski definition) is 2. The Bertz CT molecular complexity index is 81.7. The van der Waals surface area contributed by atoms with Crippen LogP contribution in [0.3, 0.4) is 0 Å². The van der Waals surface area contributed by atoms with Crippen molar-refractivity contribution in [2.24, 2.45) is 0 Å². The van der Waals surface area contributed by atoms with Crippen molar-refractivity contribution in [1.82, 2.24) is 0 Å². The third-order valence-electron chi connectivity index (χ3n) is 1.86. The lowest BCUT2D eigenvalue weighted by atomic mass is 9.61. The average molecular weight is 142 g/mol. The van der Waals surface area contributed by atoms with Gasteiger partial charge in [-0.25, -0.2) is 0 Å². The fraction of sp³-hybridized carbons (Fsp3) is 1.00. The van der Waals surface area contributed by atoms with Crippen molar-refractivity contribution in [3.8, 4) is 0 Å². The third kappa shape index (κ3) is 2.71. The van der Waals surface area contributed by atoms with Crippen LogP contribution in [-0.4, -0.2) is 13.5 Å². The molecule has 1 rings (SSSR count). The Balaban J connectivity index is 1.91. The number of hydrogen-bond donors (Lipinski definition) is 0. The molecule has 0 aromatic heterocycles. The van der Waals surface area contributed by atoms with Crippen molar-refractivity contribution in [2.75, 3.05) is 6.61 Å². The van der Waals surface area contributed by atoms with Gasteiger partial charge in [-0.1, -0.05) is 26.2 Å². The van der Waals surface area contributed by atoms with Crippen molar-refractivity contribution < 1.29 is 9.69 Å². The van der Waals surface area contributed by atoms with Gasteiger partial charge in [-0.3, -0.25) is 4.89 Å². The van der Waals surface area contributed by atoms with Crippen LogP contribution in [0.4, 0.5) is 0 Å². The molecule has 0 atom stereocenters. The molecule has 10 heavy (non-hydrogen) atoms. The predicted octanol–water partition coefficient (Wildman–Crippen LogP) is 2.13. The molecule has 0 spiro atoms. The Morgan fingerprint density at radius 2 is 2.30 bits per heavy atom. The summed E-state index contributed by atoms with van der Waals surface area (Å²) in [6.07, 6.45) is 6.15. The SMILES string of the molecule is CCCCCB1CCOO1. The molecule has 2 nitrogen and oxygen atoms in total. The maximum atomic E-state index is 5.00. The topological polar surface area (TPSA) is 18.5 Å². The molecular weight excluding hydrogens is 127 g/mol. The quantitative estimate of drug-likeness (QED) is 0.340. The first-order valence-electron chi connectivity index (χ1n) is 4.21. The maximum absolute atomic E-state index is 5.00. The molecule has 0 amide bonds. The lowest BCUT2D eigenvalue weighted by Crippen LogP contribution is -2.08. The molecule has 0 aliphatic carbocycles. The van der Waals surface area contributed by atoms with Crippen LogP contribution < -0.4 is 0 Å². The Kier molecular flexibility index (Phi) is 3.84. The zero-order valence-corrected chi connectivity index (χ0v) is 6.64. The van der Waals surface area contributed by atoms with Gasteiger partial charge in [0.25, 0.3) is 0 Å². The Morgan fingerprint density at radius 1 is 1.40 bits per heavy atom. The van der Waals surface area contributed by atoms with E-state index in [4.69, 9.17) is 9.69 Å². The largest absolute Gasteiger partial charge is 0.342 e. The second-order valence-electron chi connectivity index (χ2n) is 2.82. The summed E-state index contributed by atoms with van der Waals surface area (Å²) < 4.78 is 0. The Labute approximate surface area is 62.9 Å². The molecule has 58 valence electrons. The minimum Gasteiger partial charge on any atom is -0.305 e. The first kappa shape index (κ1) is 8.09. The zero-order valence-electron chi connectivity index (χ0n) is 6.64. The predicted molar refractivity (Wildman–Crippen MR) is 41.9 cm³/mol. The molecule has 0 saturated carbocycles. The lowest BCUT2D eigenvalue weighted by Gasteiger charge is -1.99. The zero-order chi connectivity index (χ0) is 7.23. The van der Waals surface area contributed by atoms with E-state index in [1.807, 2.05) is 0 Å². The maximum Gasteiger partial charge on any atom is 0.342 e. The van der Waals surface area contributed by atoms with Gasteiger partial charge in [0.15, 0.2) is 0 Å². The van der Waals surface area contributed by atoms with Gasteiger partial charge in [-0.15, -0.1) is 0 Å². The second kappa shape index (κ2) is 4.75. The minimum absolute atomic E-state index is 0.395. The van der Waals surface area contributed by atoms with Crippen molar-refractivity contribution >= 4 is 6.92 Å². The van der Waals surface area contributed by atoms with Crippen molar-refractivity contribution in [1.29, 1.82) is 0 Å². The fourth-order valence-corrected chi connectivity index (χ4v) is 1.19. The number of unbranched alkanes of at least 4 members (excludes halogenated alkanes) is 2. The fourth-order valence-electron chi connectivity index (χ4n) is 1.19. The van der Waals surface area contributed by atoms with Gasteiger partial charge in [0.05, 0.1) is 6.61 Å².